The predicted octanol–water partition coefficient (Wildman–Crippen LogP) is 1.53. The van der Waals surface area contributed by atoms with Crippen LogP contribution in [0.4, 0.5) is 0 Å². The third kappa shape index (κ3) is 5.79. The number of hydrogen-bond acceptors (Lipinski definition) is 5. The van der Waals surface area contributed by atoms with E-state index in [-0.39, 0.29) is 5.84 Å². The van der Waals surface area contributed by atoms with Crippen LogP contribution in [-0.4, -0.2) is 49.3 Å². The van der Waals surface area contributed by atoms with Crippen molar-refractivity contribution >= 4 is 5.84 Å². The second-order valence-electron chi connectivity index (χ2n) is 4.30. The van der Waals surface area contributed by atoms with Crippen molar-refractivity contribution in [1.29, 1.82) is 0 Å². The van der Waals surface area contributed by atoms with Crippen molar-refractivity contribution in [3.63, 3.8) is 0 Å². The fourth-order valence-corrected chi connectivity index (χ4v) is 1.72. The molecule has 0 saturated carbocycles. The summed E-state index contributed by atoms with van der Waals surface area (Å²) in [6.45, 7) is 5.10. The van der Waals surface area contributed by atoms with E-state index < -0.39 is 0 Å². The van der Waals surface area contributed by atoms with E-state index in [2.05, 4.69) is 17.0 Å². The van der Waals surface area contributed by atoms with Gasteiger partial charge in [-0.3, -0.25) is 4.90 Å². The fourth-order valence-electron chi connectivity index (χ4n) is 1.72. The molecule has 112 valence electrons. The summed E-state index contributed by atoms with van der Waals surface area (Å²) in [7, 11) is 1.64. The van der Waals surface area contributed by atoms with Gasteiger partial charge in [-0.15, -0.1) is 0 Å². The van der Waals surface area contributed by atoms with Gasteiger partial charge in [0.1, 0.15) is 23.9 Å². The van der Waals surface area contributed by atoms with E-state index >= 15 is 0 Å². The predicted molar refractivity (Wildman–Crippen MR) is 78.6 cm³/mol. The Kier molecular flexibility index (Phi) is 7.27. The monoisotopic (exact) mass is 281 g/mol. The van der Waals surface area contributed by atoms with Gasteiger partial charge in [0, 0.05) is 19.5 Å². The number of benzene rings is 1. The lowest BCUT2D eigenvalue weighted by Crippen LogP contribution is -2.31. The molecular weight excluding hydrogens is 258 g/mol. The molecule has 1 aromatic carbocycles. The van der Waals surface area contributed by atoms with Crippen LogP contribution in [0.25, 0.3) is 0 Å². The number of nitrogens with zero attached hydrogens (tertiary/aromatic N) is 2. The number of ether oxygens (including phenoxy) is 2. The third-order valence-electron chi connectivity index (χ3n) is 3.00. The summed E-state index contributed by atoms with van der Waals surface area (Å²) < 4.78 is 10.7. The van der Waals surface area contributed by atoms with Gasteiger partial charge in [-0.2, -0.15) is 0 Å². The Hall–Kier alpha value is -1.95. The summed E-state index contributed by atoms with van der Waals surface area (Å²) in [6.07, 6.45) is 0.548. The van der Waals surface area contributed by atoms with Crippen LogP contribution in [0.2, 0.25) is 0 Å². The summed E-state index contributed by atoms with van der Waals surface area (Å²) in [4.78, 5) is 2.18. The van der Waals surface area contributed by atoms with E-state index in [0.717, 1.165) is 31.1 Å². The van der Waals surface area contributed by atoms with Crippen LogP contribution in [0.5, 0.6) is 11.5 Å². The summed E-state index contributed by atoms with van der Waals surface area (Å²) >= 11 is 0. The quantitative estimate of drug-likeness (QED) is 0.310. The van der Waals surface area contributed by atoms with Crippen LogP contribution in [0.3, 0.4) is 0 Å². The number of rotatable bonds is 9. The molecule has 6 nitrogen and oxygen atoms in total. The van der Waals surface area contributed by atoms with Gasteiger partial charge in [-0.05, 0) is 30.8 Å². The van der Waals surface area contributed by atoms with Crippen molar-refractivity contribution in [1.82, 2.24) is 4.90 Å². The molecule has 20 heavy (non-hydrogen) atoms. The van der Waals surface area contributed by atoms with Crippen molar-refractivity contribution in [2.45, 2.75) is 13.3 Å². The molecule has 0 heterocycles. The van der Waals surface area contributed by atoms with Crippen molar-refractivity contribution in [3.05, 3.63) is 24.3 Å². The lowest BCUT2D eigenvalue weighted by molar-refractivity contribution is 0.218. The number of nitrogens with two attached hydrogens (primary N) is 1. The Morgan fingerprint density at radius 3 is 2.45 bits per heavy atom. The molecule has 0 aromatic heterocycles. The van der Waals surface area contributed by atoms with Gasteiger partial charge in [0.15, 0.2) is 0 Å². The van der Waals surface area contributed by atoms with E-state index in [1.807, 2.05) is 24.3 Å². The minimum absolute atomic E-state index is 0.250. The average Bonchev–Trinajstić information content (AvgIpc) is 2.50. The molecule has 0 atom stereocenters. The first-order chi connectivity index (χ1) is 9.69. The first-order valence-electron chi connectivity index (χ1n) is 6.65. The maximum absolute atomic E-state index is 8.50. The third-order valence-corrected chi connectivity index (χ3v) is 3.00. The van der Waals surface area contributed by atoms with E-state index in [9.17, 15) is 0 Å². The average molecular weight is 281 g/mol. The molecule has 0 aliphatic carbocycles. The zero-order chi connectivity index (χ0) is 14.8. The van der Waals surface area contributed by atoms with Crippen LogP contribution in [-0.2, 0) is 0 Å². The van der Waals surface area contributed by atoms with E-state index in [1.54, 1.807) is 7.11 Å². The lowest BCUT2D eigenvalue weighted by atomic mass is 10.3. The molecule has 1 rings (SSSR count). The summed E-state index contributed by atoms with van der Waals surface area (Å²) in [5, 5.41) is 11.5. The molecular formula is C14H23N3O3. The highest BCUT2D eigenvalue weighted by atomic mass is 16.5. The minimum Gasteiger partial charge on any atom is -0.497 e. The highest BCUT2D eigenvalue weighted by Gasteiger charge is 2.04. The molecule has 0 bridgehead atoms. The maximum atomic E-state index is 8.50. The number of hydrogen-bond donors (Lipinski definition) is 2. The normalized spacial score (nSPS) is 11.7. The molecule has 0 spiro atoms. The van der Waals surface area contributed by atoms with Crippen LogP contribution in [0.1, 0.15) is 13.3 Å². The van der Waals surface area contributed by atoms with Crippen LogP contribution in [0, 0.1) is 0 Å². The molecule has 0 fully saturated rings. The second kappa shape index (κ2) is 9.03. The SMILES string of the molecule is CCN(CCOc1ccc(OC)cc1)CCC(N)=NO. The van der Waals surface area contributed by atoms with Gasteiger partial charge in [-0.25, -0.2) is 0 Å². The lowest BCUT2D eigenvalue weighted by Gasteiger charge is -2.20. The zero-order valence-corrected chi connectivity index (χ0v) is 12.1. The van der Waals surface area contributed by atoms with Crippen LogP contribution >= 0.6 is 0 Å². The molecule has 3 N–H and O–H groups in total. The molecule has 0 aliphatic heterocycles. The van der Waals surface area contributed by atoms with Gasteiger partial charge < -0.3 is 20.4 Å². The zero-order valence-electron chi connectivity index (χ0n) is 12.1. The van der Waals surface area contributed by atoms with Crippen molar-refractivity contribution < 1.29 is 14.7 Å². The summed E-state index contributed by atoms with van der Waals surface area (Å²) in [6, 6.07) is 7.49. The molecule has 0 amide bonds. The van der Waals surface area contributed by atoms with Gasteiger partial charge >= 0.3 is 0 Å². The first-order valence-corrected chi connectivity index (χ1v) is 6.65. The molecule has 0 saturated heterocycles. The highest BCUT2D eigenvalue weighted by Crippen LogP contribution is 2.16. The smallest absolute Gasteiger partial charge is 0.140 e. The van der Waals surface area contributed by atoms with Crippen molar-refractivity contribution in [2.75, 3.05) is 33.4 Å². The Morgan fingerprint density at radius 2 is 1.90 bits per heavy atom. The highest BCUT2D eigenvalue weighted by molar-refractivity contribution is 5.79. The van der Waals surface area contributed by atoms with Crippen LogP contribution in [0.15, 0.2) is 29.4 Å². The van der Waals surface area contributed by atoms with Gasteiger partial charge in [0.25, 0.3) is 0 Å². The standard InChI is InChI=1S/C14H23N3O3/c1-3-17(9-8-14(15)16-18)10-11-20-13-6-4-12(19-2)5-7-13/h4-7,18H,3,8-11H2,1-2H3,(H2,15,16). The van der Waals surface area contributed by atoms with E-state index in [4.69, 9.17) is 20.4 Å². The number of amidine groups is 1. The van der Waals surface area contributed by atoms with Gasteiger partial charge in [0.2, 0.25) is 0 Å². The second-order valence-corrected chi connectivity index (χ2v) is 4.30. The maximum Gasteiger partial charge on any atom is 0.140 e. The molecule has 6 heteroatoms. The van der Waals surface area contributed by atoms with Gasteiger partial charge in [-0.1, -0.05) is 12.1 Å². The minimum atomic E-state index is 0.250. The Bertz CT molecular complexity index is 407. The molecule has 1 aromatic rings. The number of oxime groups is 1. The van der Waals surface area contributed by atoms with E-state index in [0.29, 0.717) is 13.0 Å². The molecule has 0 radical (unpaired) electrons. The van der Waals surface area contributed by atoms with E-state index in [1.165, 1.54) is 0 Å². The Balaban J connectivity index is 2.29. The van der Waals surface area contributed by atoms with Crippen molar-refractivity contribution in [2.24, 2.45) is 10.9 Å². The van der Waals surface area contributed by atoms with Crippen LogP contribution < -0.4 is 15.2 Å². The number of likely N-dealkylation sites (N-methyl/N-ethyl adjacent to an activating group) is 1. The van der Waals surface area contributed by atoms with Gasteiger partial charge in [0.05, 0.1) is 7.11 Å². The largest absolute Gasteiger partial charge is 0.497 e. The molecule has 0 unspecified atom stereocenters. The summed E-state index contributed by atoms with van der Waals surface area (Å²) in [5.74, 6) is 1.88. The van der Waals surface area contributed by atoms with Crippen molar-refractivity contribution in [3.8, 4) is 11.5 Å². The Morgan fingerprint density at radius 1 is 1.25 bits per heavy atom. The summed E-state index contributed by atoms with van der Waals surface area (Å²) in [5.41, 5.74) is 5.45. The fraction of sp³-hybridized carbons (Fsp3) is 0.500. The number of methoxy groups -OCH3 is 1. The topological polar surface area (TPSA) is 80.3 Å². The Labute approximate surface area is 119 Å². The first kappa shape index (κ1) is 16.1. The molecule has 0 aliphatic rings.